The number of aromatic nitrogens is 3. The first-order chi connectivity index (χ1) is 12.1. The van der Waals surface area contributed by atoms with Crippen LogP contribution < -0.4 is 17.1 Å². The van der Waals surface area contributed by atoms with E-state index in [4.69, 9.17) is 16.1 Å². The molecule has 2 aromatic heterocycles. The van der Waals surface area contributed by atoms with Crippen molar-refractivity contribution in [3.63, 3.8) is 0 Å². The van der Waals surface area contributed by atoms with E-state index in [1.807, 2.05) is 0 Å². The van der Waals surface area contributed by atoms with Crippen LogP contribution in [0.1, 0.15) is 0 Å². The van der Waals surface area contributed by atoms with Gasteiger partial charge in [0.25, 0.3) is 0 Å². The molecule has 0 spiro atoms. The molecule has 0 unspecified atom stereocenters. The minimum Gasteiger partial charge on any atom is -0.453 e. The SMILES string of the molecule is N/N=C(/CSc1n[nH]c(-c2ccc(-c3cccc(F)c3F)o2)n1)NN. The highest BCUT2D eigenvalue weighted by atomic mass is 32.2. The third kappa shape index (κ3) is 3.61. The van der Waals surface area contributed by atoms with Crippen LogP contribution in [0.2, 0.25) is 0 Å². The Hall–Kier alpha value is -2.92. The van der Waals surface area contributed by atoms with Crippen LogP contribution in [0.4, 0.5) is 8.78 Å². The predicted octanol–water partition coefficient (Wildman–Crippen LogP) is 1.84. The number of furan rings is 1. The maximum atomic E-state index is 13.8. The number of nitrogens with one attached hydrogen (secondary N) is 2. The number of nitrogens with zero attached hydrogens (tertiary/aromatic N) is 3. The highest BCUT2D eigenvalue weighted by molar-refractivity contribution is 7.99. The number of hydrogen-bond donors (Lipinski definition) is 4. The monoisotopic (exact) mass is 365 g/mol. The molecule has 0 saturated carbocycles. The summed E-state index contributed by atoms with van der Waals surface area (Å²) < 4.78 is 32.7. The number of rotatable bonds is 5. The molecule has 25 heavy (non-hydrogen) atoms. The molecule has 130 valence electrons. The van der Waals surface area contributed by atoms with Gasteiger partial charge in [0.15, 0.2) is 23.2 Å². The topological polar surface area (TPSA) is 131 Å². The summed E-state index contributed by atoms with van der Waals surface area (Å²) in [6.07, 6.45) is 0. The van der Waals surface area contributed by atoms with Crippen molar-refractivity contribution < 1.29 is 13.2 Å². The van der Waals surface area contributed by atoms with Crippen LogP contribution in [-0.4, -0.2) is 26.8 Å². The highest BCUT2D eigenvalue weighted by Crippen LogP contribution is 2.30. The summed E-state index contributed by atoms with van der Waals surface area (Å²) in [5, 5.41) is 10.6. The van der Waals surface area contributed by atoms with Crippen LogP contribution in [0, 0.1) is 11.6 Å². The van der Waals surface area contributed by atoms with E-state index in [1.165, 1.54) is 30.0 Å². The van der Waals surface area contributed by atoms with Crippen LogP contribution in [0.3, 0.4) is 0 Å². The van der Waals surface area contributed by atoms with Gasteiger partial charge in [-0.2, -0.15) is 10.1 Å². The first-order valence-corrected chi connectivity index (χ1v) is 7.94. The number of aromatic amines is 1. The first-order valence-electron chi connectivity index (χ1n) is 6.95. The second-order valence-corrected chi connectivity index (χ2v) is 5.68. The normalized spacial score (nSPS) is 11.7. The number of H-pyrrole nitrogens is 1. The Labute approximate surface area is 144 Å². The lowest BCUT2D eigenvalue weighted by Gasteiger charge is -2.00. The van der Waals surface area contributed by atoms with Crippen molar-refractivity contribution in [3.8, 4) is 22.9 Å². The molecule has 1 aromatic carbocycles. The van der Waals surface area contributed by atoms with Gasteiger partial charge in [0.2, 0.25) is 5.16 Å². The molecule has 11 heteroatoms. The fourth-order valence-corrected chi connectivity index (χ4v) is 2.66. The highest BCUT2D eigenvalue weighted by Gasteiger charge is 2.16. The number of halogens is 2. The van der Waals surface area contributed by atoms with E-state index in [1.54, 1.807) is 6.07 Å². The molecule has 0 aliphatic heterocycles. The fourth-order valence-electron chi connectivity index (χ4n) is 1.97. The summed E-state index contributed by atoms with van der Waals surface area (Å²) in [7, 11) is 0. The number of nitrogens with two attached hydrogens (primary N) is 2. The molecular weight excluding hydrogens is 352 g/mol. The average Bonchev–Trinajstić information content (AvgIpc) is 3.27. The molecule has 0 radical (unpaired) electrons. The molecule has 2 heterocycles. The summed E-state index contributed by atoms with van der Waals surface area (Å²) in [5.41, 5.74) is 2.37. The smallest absolute Gasteiger partial charge is 0.209 e. The van der Waals surface area contributed by atoms with E-state index in [-0.39, 0.29) is 11.3 Å². The maximum absolute atomic E-state index is 13.8. The lowest BCUT2D eigenvalue weighted by Crippen LogP contribution is -2.33. The van der Waals surface area contributed by atoms with Gasteiger partial charge in [-0.3, -0.25) is 5.10 Å². The summed E-state index contributed by atoms with van der Waals surface area (Å²) >= 11 is 1.24. The lowest BCUT2D eigenvalue weighted by atomic mass is 10.1. The van der Waals surface area contributed by atoms with Gasteiger partial charge >= 0.3 is 0 Å². The standard InChI is InChI=1S/C14H13F2N7OS/c15-8-3-1-2-7(12(8)16)9-4-5-10(24-9)13-19-14(23-22-13)25-6-11(20-17)21-18/h1-5H,6,17-18H2,(H,20,21)(H,19,22,23). The molecular formula is C14H13F2N7OS. The third-order valence-electron chi connectivity index (χ3n) is 3.18. The van der Waals surface area contributed by atoms with Gasteiger partial charge in [0.1, 0.15) is 11.6 Å². The lowest BCUT2D eigenvalue weighted by molar-refractivity contribution is 0.505. The Bertz CT molecular complexity index is 908. The third-order valence-corrected chi connectivity index (χ3v) is 4.04. The predicted molar refractivity (Wildman–Crippen MR) is 89.1 cm³/mol. The zero-order valence-electron chi connectivity index (χ0n) is 12.7. The minimum atomic E-state index is -0.972. The Morgan fingerprint density at radius 2 is 2.08 bits per heavy atom. The van der Waals surface area contributed by atoms with E-state index < -0.39 is 11.6 Å². The van der Waals surface area contributed by atoms with E-state index in [0.717, 1.165) is 6.07 Å². The molecule has 0 fully saturated rings. The molecule has 6 N–H and O–H groups in total. The van der Waals surface area contributed by atoms with Crippen molar-refractivity contribution in [2.45, 2.75) is 5.16 Å². The summed E-state index contributed by atoms with van der Waals surface area (Å²) in [5.74, 6) is 10.0. The van der Waals surface area contributed by atoms with Gasteiger partial charge in [-0.25, -0.2) is 14.6 Å². The Morgan fingerprint density at radius 1 is 1.28 bits per heavy atom. The first kappa shape index (κ1) is 16.9. The van der Waals surface area contributed by atoms with Gasteiger partial charge in [-0.1, -0.05) is 17.8 Å². The Morgan fingerprint density at radius 3 is 2.84 bits per heavy atom. The van der Waals surface area contributed by atoms with Gasteiger partial charge in [-0.05, 0) is 24.3 Å². The molecule has 0 bridgehead atoms. The van der Waals surface area contributed by atoms with Crippen LogP contribution in [-0.2, 0) is 0 Å². The van der Waals surface area contributed by atoms with Crippen molar-refractivity contribution in [1.82, 2.24) is 20.6 Å². The number of amidine groups is 1. The largest absolute Gasteiger partial charge is 0.453 e. The van der Waals surface area contributed by atoms with Crippen LogP contribution in [0.15, 0.2) is 45.0 Å². The molecule has 0 amide bonds. The van der Waals surface area contributed by atoms with E-state index in [2.05, 4.69) is 25.7 Å². The number of thioether (sulfide) groups is 1. The molecule has 0 saturated heterocycles. The van der Waals surface area contributed by atoms with Crippen LogP contribution >= 0.6 is 11.8 Å². The Kier molecular flexibility index (Phi) is 4.95. The second kappa shape index (κ2) is 7.32. The zero-order valence-corrected chi connectivity index (χ0v) is 13.5. The quantitative estimate of drug-likeness (QED) is 0.178. The summed E-state index contributed by atoms with van der Waals surface area (Å²) in [6, 6.07) is 6.98. The number of hydrogen-bond acceptors (Lipinski definition) is 7. The van der Waals surface area contributed by atoms with Gasteiger partial charge in [0.05, 0.1) is 11.3 Å². The molecule has 0 aliphatic carbocycles. The maximum Gasteiger partial charge on any atom is 0.209 e. The van der Waals surface area contributed by atoms with Crippen molar-refractivity contribution in [1.29, 1.82) is 0 Å². The molecule has 0 atom stereocenters. The van der Waals surface area contributed by atoms with Crippen molar-refractivity contribution in [2.24, 2.45) is 16.8 Å². The van der Waals surface area contributed by atoms with Crippen molar-refractivity contribution in [2.75, 3.05) is 5.75 Å². The van der Waals surface area contributed by atoms with E-state index in [0.29, 0.717) is 28.3 Å². The van der Waals surface area contributed by atoms with Gasteiger partial charge < -0.3 is 15.7 Å². The van der Waals surface area contributed by atoms with Crippen molar-refractivity contribution >= 4 is 17.6 Å². The minimum absolute atomic E-state index is 0.0261. The molecule has 8 nitrogen and oxygen atoms in total. The second-order valence-electron chi connectivity index (χ2n) is 4.74. The van der Waals surface area contributed by atoms with Gasteiger partial charge in [0, 0.05) is 0 Å². The number of hydrazone groups is 1. The average molecular weight is 365 g/mol. The fraction of sp³-hybridized carbons (Fsp3) is 0.0714. The van der Waals surface area contributed by atoms with E-state index >= 15 is 0 Å². The van der Waals surface area contributed by atoms with Crippen LogP contribution in [0.5, 0.6) is 0 Å². The van der Waals surface area contributed by atoms with Crippen LogP contribution in [0.25, 0.3) is 22.9 Å². The summed E-state index contributed by atoms with van der Waals surface area (Å²) in [4.78, 5) is 4.24. The molecule has 3 rings (SSSR count). The number of benzene rings is 1. The van der Waals surface area contributed by atoms with Gasteiger partial charge in [-0.15, -0.1) is 5.10 Å². The summed E-state index contributed by atoms with van der Waals surface area (Å²) in [6.45, 7) is 0. The zero-order chi connectivity index (χ0) is 17.8. The van der Waals surface area contributed by atoms with E-state index in [9.17, 15) is 8.78 Å². The Balaban J connectivity index is 1.78. The number of hydrazine groups is 1. The molecule has 3 aromatic rings. The molecule has 0 aliphatic rings. The van der Waals surface area contributed by atoms with Crippen molar-refractivity contribution in [3.05, 3.63) is 42.0 Å².